The molecule has 2 unspecified atom stereocenters. The van der Waals surface area contributed by atoms with Crippen LogP contribution in [0.5, 0.6) is 0 Å². The van der Waals surface area contributed by atoms with Crippen molar-refractivity contribution in [3.05, 3.63) is 28.2 Å². The Morgan fingerprint density at radius 1 is 1.29 bits per heavy atom. The molecule has 1 aliphatic rings. The Morgan fingerprint density at radius 3 is 2.57 bits per heavy atom. The standard InChI is InChI=1S/C15H21Cl2NO2S/c1-15(2)8-4-5-12(14(15)18-3)21(19,20)13-9-10(16)6-7-11(13)17/h6-7,9,12,14,18H,4-5,8H2,1-3H3. The molecule has 0 bridgehead atoms. The molecule has 1 aromatic carbocycles. The number of halogens is 2. The minimum absolute atomic E-state index is 0.0736. The van der Waals surface area contributed by atoms with Gasteiger partial charge in [-0.1, -0.05) is 43.5 Å². The molecule has 1 aromatic rings. The normalized spacial score (nSPS) is 25.8. The Balaban J connectivity index is 2.49. The van der Waals surface area contributed by atoms with Gasteiger partial charge in [-0.25, -0.2) is 8.42 Å². The number of hydrogen-bond acceptors (Lipinski definition) is 3. The molecule has 1 saturated carbocycles. The minimum Gasteiger partial charge on any atom is -0.315 e. The average molecular weight is 350 g/mol. The maximum absolute atomic E-state index is 13.0. The summed E-state index contributed by atoms with van der Waals surface area (Å²) < 4.78 is 26.1. The summed E-state index contributed by atoms with van der Waals surface area (Å²) in [5, 5.41) is 3.33. The topological polar surface area (TPSA) is 46.2 Å². The van der Waals surface area contributed by atoms with Crippen LogP contribution in [-0.4, -0.2) is 26.8 Å². The first-order chi connectivity index (χ1) is 9.70. The van der Waals surface area contributed by atoms with Crippen LogP contribution in [0.4, 0.5) is 0 Å². The van der Waals surface area contributed by atoms with Crippen molar-refractivity contribution in [1.29, 1.82) is 0 Å². The SMILES string of the molecule is CNC1C(S(=O)(=O)c2cc(Cl)ccc2Cl)CCCC1(C)C. The van der Waals surface area contributed by atoms with Crippen molar-refractivity contribution in [2.75, 3.05) is 7.05 Å². The summed E-state index contributed by atoms with van der Waals surface area (Å²) in [7, 11) is -1.71. The van der Waals surface area contributed by atoms with E-state index in [2.05, 4.69) is 19.2 Å². The number of nitrogens with one attached hydrogen (secondary N) is 1. The zero-order valence-corrected chi connectivity index (χ0v) is 14.8. The Labute approximate surface area is 136 Å². The van der Waals surface area contributed by atoms with E-state index in [1.54, 1.807) is 12.1 Å². The second kappa shape index (κ2) is 6.07. The number of benzene rings is 1. The molecule has 0 amide bonds. The minimum atomic E-state index is -3.53. The predicted molar refractivity (Wildman–Crippen MR) is 87.9 cm³/mol. The molecule has 1 aliphatic carbocycles. The summed E-state index contributed by atoms with van der Waals surface area (Å²) in [6.07, 6.45) is 2.54. The number of sulfone groups is 1. The monoisotopic (exact) mass is 349 g/mol. The van der Waals surface area contributed by atoms with Crippen LogP contribution < -0.4 is 5.32 Å². The van der Waals surface area contributed by atoms with Crippen molar-refractivity contribution in [3.8, 4) is 0 Å². The molecule has 2 atom stereocenters. The van der Waals surface area contributed by atoms with Crippen molar-refractivity contribution in [3.63, 3.8) is 0 Å². The fourth-order valence-electron chi connectivity index (χ4n) is 3.35. The van der Waals surface area contributed by atoms with Crippen molar-refractivity contribution in [2.45, 2.75) is 49.3 Å². The van der Waals surface area contributed by atoms with E-state index in [1.807, 2.05) is 7.05 Å². The molecule has 0 aliphatic heterocycles. The van der Waals surface area contributed by atoms with Crippen LogP contribution in [0.3, 0.4) is 0 Å². The fraction of sp³-hybridized carbons (Fsp3) is 0.600. The summed E-state index contributed by atoms with van der Waals surface area (Å²) in [5.74, 6) is 0. The van der Waals surface area contributed by atoms with E-state index in [-0.39, 0.29) is 21.4 Å². The van der Waals surface area contributed by atoms with Gasteiger partial charge >= 0.3 is 0 Å². The molecular formula is C15H21Cl2NO2S. The van der Waals surface area contributed by atoms with Gasteiger partial charge in [0, 0.05) is 11.1 Å². The lowest BCUT2D eigenvalue weighted by Gasteiger charge is -2.43. The third-order valence-corrected chi connectivity index (χ3v) is 7.37. The highest BCUT2D eigenvalue weighted by Gasteiger charge is 2.45. The van der Waals surface area contributed by atoms with Gasteiger partial charge in [0.1, 0.15) is 0 Å². The number of hydrogen-bond donors (Lipinski definition) is 1. The van der Waals surface area contributed by atoms with Crippen molar-refractivity contribution in [1.82, 2.24) is 5.32 Å². The van der Waals surface area contributed by atoms with Gasteiger partial charge in [0.15, 0.2) is 9.84 Å². The Hall–Kier alpha value is -0.290. The van der Waals surface area contributed by atoms with Crippen LogP contribution in [0.15, 0.2) is 23.1 Å². The smallest absolute Gasteiger partial charge is 0.184 e. The second-order valence-corrected chi connectivity index (χ2v) is 9.28. The van der Waals surface area contributed by atoms with Crippen molar-refractivity contribution >= 4 is 33.0 Å². The van der Waals surface area contributed by atoms with Gasteiger partial charge in [0.25, 0.3) is 0 Å². The maximum Gasteiger partial charge on any atom is 0.184 e. The molecule has 21 heavy (non-hydrogen) atoms. The van der Waals surface area contributed by atoms with Gasteiger partial charge in [0.2, 0.25) is 0 Å². The van der Waals surface area contributed by atoms with Crippen LogP contribution in [0.25, 0.3) is 0 Å². The highest BCUT2D eigenvalue weighted by molar-refractivity contribution is 7.92. The largest absolute Gasteiger partial charge is 0.315 e. The van der Waals surface area contributed by atoms with E-state index < -0.39 is 15.1 Å². The summed E-state index contributed by atoms with van der Waals surface area (Å²) in [4.78, 5) is 0.139. The van der Waals surface area contributed by atoms with Crippen LogP contribution in [0.2, 0.25) is 10.0 Å². The zero-order valence-electron chi connectivity index (χ0n) is 12.5. The Kier molecular flexibility index (Phi) is 4.94. The molecule has 118 valence electrons. The van der Waals surface area contributed by atoms with Crippen molar-refractivity contribution < 1.29 is 8.42 Å². The quantitative estimate of drug-likeness (QED) is 0.898. The lowest BCUT2D eigenvalue weighted by Crippen LogP contribution is -2.54. The zero-order chi connectivity index (χ0) is 15.8. The third-order valence-electron chi connectivity index (χ3n) is 4.43. The highest BCUT2D eigenvalue weighted by atomic mass is 35.5. The lowest BCUT2D eigenvalue weighted by atomic mass is 9.73. The highest BCUT2D eigenvalue weighted by Crippen LogP contribution is 2.41. The van der Waals surface area contributed by atoms with Crippen LogP contribution >= 0.6 is 23.2 Å². The van der Waals surface area contributed by atoms with Gasteiger partial charge in [-0.2, -0.15) is 0 Å². The van der Waals surface area contributed by atoms with Crippen LogP contribution in [0, 0.1) is 5.41 Å². The van der Waals surface area contributed by atoms with Gasteiger partial charge < -0.3 is 5.32 Å². The molecular weight excluding hydrogens is 329 g/mol. The lowest BCUT2D eigenvalue weighted by molar-refractivity contribution is 0.178. The molecule has 0 heterocycles. The molecule has 2 rings (SSSR count). The summed E-state index contributed by atoms with van der Waals surface area (Å²) in [5.41, 5.74) is -0.0736. The first-order valence-corrected chi connectivity index (χ1v) is 9.36. The van der Waals surface area contributed by atoms with Gasteiger partial charge in [-0.05, 0) is 43.5 Å². The van der Waals surface area contributed by atoms with E-state index in [9.17, 15) is 8.42 Å². The number of rotatable bonds is 3. The fourth-order valence-corrected chi connectivity index (χ4v) is 6.33. The van der Waals surface area contributed by atoms with E-state index in [0.29, 0.717) is 11.4 Å². The predicted octanol–water partition coefficient (Wildman–Crippen LogP) is 3.93. The van der Waals surface area contributed by atoms with Crippen LogP contribution in [-0.2, 0) is 9.84 Å². The summed E-state index contributed by atoms with van der Waals surface area (Å²) in [6.45, 7) is 4.21. The Bertz CT molecular complexity index is 629. The van der Waals surface area contributed by atoms with Gasteiger partial charge in [0.05, 0.1) is 15.2 Å². The van der Waals surface area contributed by atoms with E-state index in [0.717, 1.165) is 12.8 Å². The second-order valence-electron chi connectivity index (χ2n) is 6.31. The first-order valence-electron chi connectivity index (χ1n) is 7.06. The van der Waals surface area contributed by atoms with E-state index in [4.69, 9.17) is 23.2 Å². The third kappa shape index (κ3) is 3.24. The Morgan fingerprint density at radius 2 is 1.95 bits per heavy atom. The molecule has 0 saturated heterocycles. The summed E-state index contributed by atoms with van der Waals surface area (Å²) >= 11 is 12.1. The van der Waals surface area contributed by atoms with E-state index in [1.165, 1.54) is 6.07 Å². The molecule has 1 N–H and O–H groups in total. The molecule has 3 nitrogen and oxygen atoms in total. The van der Waals surface area contributed by atoms with Gasteiger partial charge in [-0.3, -0.25) is 0 Å². The molecule has 0 aromatic heterocycles. The van der Waals surface area contributed by atoms with Crippen LogP contribution in [0.1, 0.15) is 33.1 Å². The first kappa shape index (κ1) is 17.1. The molecule has 0 spiro atoms. The maximum atomic E-state index is 13.0. The summed E-state index contributed by atoms with van der Waals surface area (Å²) in [6, 6.07) is 4.49. The average Bonchev–Trinajstić information content (AvgIpc) is 2.40. The molecule has 0 radical (unpaired) electrons. The van der Waals surface area contributed by atoms with Crippen molar-refractivity contribution in [2.24, 2.45) is 5.41 Å². The molecule has 1 fully saturated rings. The van der Waals surface area contributed by atoms with E-state index >= 15 is 0 Å². The molecule has 6 heteroatoms. The van der Waals surface area contributed by atoms with Gasteiger partial charge in [-0.15, -0.1) is 0 Å².